The van der Waals surface area contributed by atoms with Crippen molar-refractivity contribution >= 4 is 22.8 Å². The first-order valence-corrected chi connectivity index (χ1v) is 5.96. The van der Waals surface area contributed by atoms with Crippen molar-refractivity contribution < 1.29 is 4.79 Å². The van der Waals surface area contributed by atoms with Crippen molar-refractivity contribution in [2.75, 3.05) is 19.5 Å². The number of hydrogen-bond acceptors (Lipinski definition) is 6. The highest BCUT2D eigenvalue weighted by Crippen LogP contribution is 2.25. The summed E-state index contributed by atoms with van der Waals surface area (Å²) in [4.78, 5) is 13.3. The normalized spacial score (nSPS) is 18.0. The van der Waals surface area contributed by atoms with Crippen molar-refractivity contribution in [3.63, 3.8) is 0 Å². The molecule has 0 atom stereocenters. The van der Waals surface area contributed by atoms with Crippen LogP contribution in [0, 0.1) is 17.8 Å². The highest BCUT2D eigenvalue weighted by molar-refractivity contribution is 8.13. The topological polar surface area (TPSA) is 84.2 Å². The molecule has 0 spiro atoms. The number of carbonyl (C=O) groups excluding carboxylic acids is 1. The van der Waals surface area contributed by atoms with Gasteiger partial charge in [0.05, 0.1) is 6.67 Å². The third-order valence-corrected chi connectivity index (χ3v) is 2.88. The SMILES string of the molecule is C#CCN1N=NC2=C(C(=N)SC)NCN2C1=O. The van der Waals surface area contributed by atoms with E-state index in [0.717, 1.165) is 5.01 Å². The van der Waals surface area contributed by atoms with E-state index in [9.17, 15) is 4.79 Å². The van der Waals surface area contributed by atoms with Crippen LogP contribution < -0.4 is 5.32 Å². The molecule has 0 radical (unpaired) electrons. The summed E-state index contributed by atoms with van der Waals surface area (Å²) in [7, 11) is 0. The Balaban J connectivity index is 2.32. The second kappa shape index (κ2) is 4.47. The molecule has 0 bridgehead atoms. The van der Waals surface area contributed by atoms with Gasteiger partial charge in [0.1, 0.15) is 17.3 Å². The minimum absolute atomic E-state index is 0.0847. The minimum Gasteiger partial charge on any atom is -0.362 e. The second-order valence-electron chi connectivity index (χ2n) is 3.23. The molecule has 0 unspecified atom stereocenters. The van der Waals surface area contributed by atoms with E-state index in [2.05, 4.69) is 21.6 Å². The van der Waals surface area contributed by atoms with Crippen LogP contribution in [-0.2, 0) is 0 Å². The molecule has 2 aliphatic rings. The Hall–Kier alpha value is -2.01. The summed E-state index contributed by atoms with van der Waals surface area (Å²) in [6, 6.07) is -0.329. The Kier molecular flexibility index (Phi) is 3.01. The molecule has 2 rings (SSSR count). The van der Waals surface area contributed by atoms with Gasteiger partial charge in [0, 0.05) is 0 Å². The van der Waals surface area contributed by atoms with Gasteiger partial charge in [0.2, 0.25) is 0 Å². The fourth-order valence-corrected chi connectivity index (χ4v) is 1.82. The summed E-state index contributed by atoms with van der Waals surface area (Å²) in [6.07, 6.45) is 6.91. The number of fused-ring (bicyclic) bond motifs is 1. The standard InChI is InChI=1S/C9H10N6OS/c1-3-4-15-9(16)14-5-11-6(7(10)17-2)8(14)12-13-15/h1,10-11H,4-5H2,2H3. The van der Waals surface area contributed by atoms with Gasteiger partial charge >= 0.3 is 6.03 Å². The molecule has 0 saturated heterocycles. The van der Waals surface area contributed by atoms with Gasteiger partial charge in [-0.3, -0.25) is 10.3 Å². The molecule has 2 N–H and O–H groups in total. The van der Waals surface area contributed by atoms with E-state index in [1.54, 1.807) is 6.26 Å². The van der Waals surface area contributed by atoms with Gasteiger partial charge in [-0.2, -0.15) is 5.01 Å². The molecule has 0 aromatic carbocycles. The highest BCUT2D eigenvalue weighted by atomic mass is 32.2. The van der Waals surface area contributed by atoms with Crippen molar-refractivity contribution in [1.29, 1.82) is 5.41 Å². The lowest BCUT2D eigenvalue weighted by Crippen LogP contribution is -2.42. The number of hydrogen-bond donors (Lipinski definition) is 2. The lowest BCUT2D eigenvalue weighted by atomic mass is 10.4. The van der Waals surface area contributed by atoms with Gasteiger partial charge in [-0.25, -0.2) is 4.79 Å². The number of nitrogens with zero attached hydrogens (tertiary/aromatic N) is 4. The molecule has 0 aromatic heterocycles. The van der Waals surface area contributed by atoms with E-state index in [0.29, 0.717) is 16.6 Å². The third-order valence-electron chi connectivity index (χ3n) is 2.26. The zero-order valence-electron chi connectivity index (χ0n) is 9.10. The van der Waals surface area contributed by atoms with Crippen LogP contribution in [-0.4, -0.2) is 40.5 Å². The molecule has 0 aliphatic carbocycles. The molecule has 2 heterocycles. The Morgan fingerprint density at radius 2 is 2.53 bits per heavy atom. The molecule has 0 fully saturated rings. The zero-order chi connectivity index (χ0) is 12.4. The van der Waals surface area contributed by atoms with Crippen molar-refractivity contribution in [3.8, 4) is 12.3 Å². The largest absolute Gasteiger partial charge is 0.362 e. The van der Waals surface area contributed by atoms with Crippen molar-refractivity contribution in [1.82, 2.24) is 15.2 Å². The maximum Gasteiger partial charge on any atom is 0.349 e. The molecule has 8 heteroatoms. The summed E-state index contributed by atoms with van der Waals surface area (Å²) >= 11 is 1.27. The Morgan fingerprint density at radius 3 is 3.18 bits per heavy atom. The van der Waals surface area contributed by atoms with E-state index in [1.807, 2.05) is 0 Å². The molecule has 0 saturated carbocycles. The minimum atomic E-state index is -0.329. The average molecular weight is 250 g/mol. The zero-order valence-corrected chi connectivity index (χ0v) is 9.91. The summed E-state index contributed by atoms with van der Waals surface area (Å²) < 4.78 is 0. The van der Waals surface area contributed by atoms with Crippen molar-refractivity contribution in [2.45, 2.75) is 0 Å². The summed E-state index contributed by atoms with van der Waals surface area (Å²) in [5, 5.41) is 19.7. The predicted molar refractivity (Wildman–Crippen MR) is 63.9 cm³/mol. The van der Waals surface area contributed by atoms with E-state index < -0.39 is 0 Å². The first-order chi connectivity index (χ1) is 8.19. The lowest BCUT2D eigenvalue weighted by Gasteiger charge is -2.24. The maximum atomic E-state index is 11.9. The maximum absolute atomic E-state index is 11.9. The van der Waals surface area contributed by atoms with Crippen LogP contribution in [0.15, 0.2) is 21.9 Å². The number of thioether (sulfide) groups is 1. The van der Waals surface area contributed by atoms with E-state index >= 15 is 0 Å². The van der Waals surface area contributed by atoms with E-state index in [4.69, 9.17) is 11.8 Å². The van der Waals surface area contributed by atoms with Gasteiger partial charge in [0.25, 0.3) is 0 Å². The molecular formula is C9H10N6OS. The molecule has 2 amide bonds. The first kappa shape index (κ1) is 11.5. The second-order valence-corrected chi connectivity index (χ2v) is 4.05. The number of nitrogens with one attached hydrogen (secondary N) is 2. The predicted octanol–water partition coefficient (Wildman–Crippen LogP) is 0.794. The van der Waals surface area contributed by atoms with Gasteiger partial charge < -0.3 is 5.32 Å². The molecule has 0 aromatic rings. The highest BCUT2D eigenvalue weighted by Gasteiger charge is 2.35. The lowest BCUT2D eigenvalue weighted by molar-refractivity contribution is 0.160. The van der Waals surface area contributed by atoms with Gasteiger partial charge in [-0.1, -0.05) is 11.1 Å². The van der Waals surface area contributed by atoms with Crippen LogP contribution in [0.1, 0.15) is 0 Å². The number of terminal acetylenes is 1. The molecule has 2 aliphatic heterocycles. The average Bonchev–Trinajstić information content (AvgIpc) is 2.76. The van der Waals surface area contributed by atoms with Gasteiger partial charge in [-0.15, -0.1) is 23.3 Å². The number of amides is 2. The first-order valence-electron chi connectivity index (χ1n) is 4.74. The summed E-state index contributed by atoms with van der Waals surface area (Å²) in [6.45, 7) is 0.369. The number of rotatable bonds is 2. The quantitative estimate of drug-likeness (QED) is 0.432. The summed E-state index contributed by atoms with van der Waals surface area (Å²) in [5.41, 5.74) is 0.523. The van der Waals surface area contributed by atoms with Crippen molar-refractivity contribution in [3.05, 3.63) is 11.5 Å². The Morgan fingerprint density at radius 1 is 1.76 bits per heavy atom. The van der Waals surface area contributed by atoms with Gasteiger partial charge in [-0.05, 0) is 6.26 Å². The van der Waals surface area contributed by atoms with Crippen LogP contribution in [0.2, 0.25) is 0 Å². The number of carbonyl (C=O) groups is 1. The molecular weight excluding hydrogens is 240 g/mol. The van der Waals surface area contributed by atoms with Gasteiger partial charge in [0.15, 0.2) is 5.82 Å². The van der Waals surface area contributed by atoms with Crippen LogP contribution in [0.5, 0.6) is 0 Å². The fraction of sp³-hybridized carbons (Fsp3) is 0.333. The summed E-state index contributed by atoms with van der Waals surface area (Å²) in [5.74, 6) is 2.71. The third kappa shape index (κ3) is 1.85. The molecule has 7 nitrogen and oxygen atoms in total. The molecule has 88 valence electrons. The van der Waals surface area contributed by atoms with E-state index in [1.165, 1.54) is 16.7 Å². The Bertz CT molecular complexity index is 476. The molecule has 17 heavy (non-hydrogen) atoms. The van der Waals surface area contributed by atoms with Crippen LogP contribution >= 0.6 is 11.8 Å². The Labute approximate surface area is 102 Å². The van der Waals surface area contributed by atoms with E-state index in [-0.39, 0.29) is 19.2 Å². The smallest absolute Gasteiger partial charge is 0.349 e. The fourth-order valence-electron chi connectivity index (χ4n) is 1.45. The van der Waals surface area contributed by atoms with Crippen LogP contribution in [0.4, 0.5) is 4.79 Å². The van der Waals surface area contributed by atoms with Crippen LogP contribution in [0.25, 0.3) is 0 Å². The van der Waals surface area contributed by atoms with Crippen molar-refractivity contribution in [2.24, 2.45) is 10.3 Å². The van der Waals surface area contributed by atoms with Crippen LogP contribution in [0.3, 0.4) is 0 Å². The number of urea groups is 1. The monoisotopic (exact) mass is 250 g/mol.